The molecule has 0 aliphatic rings. The summed E-state index contributed by atoms with van der Waals surface area (Å²) in [5.74, 6) is 0.835. The van der Waals surface area contributed by atoms with E-state index in [9.17, 15) is 4.91 Å². The Hall–Kier alpha value is -1.95. The molecule has 0 bridgehead atoms. The minimum absolute atomic E-state index is 0.279. The number of hydrogen-bond acceptors (Lipinski definition) is 5. The summed E-state index contributed by atoms with van der Waals surface area (Å²) >= 11 is 1.45. The molecule has 0 radical (unpaired) electrons. The van der Waals surface area contributed by atoms with Crippen molar-refractivity contribution in [3.05, 3.63) is 34.9 Å². The Bertz CT molecular complexity index is 608. The molecule has 0 unspecified atom stereocenters. The molecule has 3 rings (SSSR count). The fraction of sp³-hybridized carbons (Fsp3) is 0. The maximum atomic E-state index is 10.7. The van der Waals surface area contributed by atoms with Gasteiger partial charge in [0, 0.05) is 11.6 Å². The molecule has 0 fully saturated rings. The second kappa shape index (κ2) is 3.03. The summed E-state index contributed by atoms with van der Waals surface area (Å²) in [6, 6.07) is 3.50. The van der Waals surface area contributed by atoms with Gasteiger partial charge in [0.15, 0.2) is 16.4 Å². The standard InChI is InChI=1S/C9H5N3O2S/c13-11-8-7(6-2-1-4-14-6)10-9-12(8)3-5-15-9/h1-5H. The van der Waals surface area contributed by atoms with E-state index in [4.69, 9.17) is 4.42 Å². The Morgan fingerprint density at radius 3 is 3.20 bits per heavy atom. The summed E-state index contributed by atoms with van der Waals surface area (Å²) in [6.07, 6.45) is 3.30. The lowest BCUT2D eigenvalue weighted by molar-refractivity contribution is 0.580. The Kier molecular flexibility index (Phi) is 1.69. The highest BCUT2D eigenvalue weighted by Crippen LogP contribution is 2.32. The molecule has 0 saturated carbocycles. The van der Waals surface area contributed by atoms with Crippen molar-refractivity contribution in [1.29, 1.82) is 0 Å². The highest BCUT2D eigenvalue weighted by Gasteiger charge is 2.17. The van der Waals surface area contributed by atoms with Crippen molar-refractivity contribution in [2.75, 3.05) is 0 Å². The van der Waals surface area contributed by atoms with Gasteiger partial charge in [-0.25, -0.2) is 4.98 Å². The molecular weight excluding hydrogens is 214 g/mol. The van der Waals surface area contributed by atoms with Gasteiger partial charge in [-0.05, 0) is 17.3 Å². The van der Waals surface area contributed by atoms with Crippen molar-refractivity contribution in [2.24, 2.45) is 5.18 Å². The summed E-state index contributed by atoms with van der Waals surface area (Å²) in [7, 11) is 0. The van der Waals surface area contributed by atoms with E-state index in [1.807, 2.05) is 5.38 Å². The monoisotopic (exact) mass is 219 g/mol. The number of nitrogens with zero attached hydrogens (tertiary/aromatic N) is 3. The third-order valence-corrected chi connectivity index (χ3v) is 2.83. The molecule has 3 heterocycles. The van der Waals surface area contributed by atoms with Crippen LogP contribution in [0.5, 0.6) is 0 Å². The lowest BCUT2D eigenvalue weighted by atomic mass is 10.3. The SMILES string of the molecule is O=Nc1c(-c2ccco2)nc2sccn12. The largest absolute Gasteiger partial charge is 0.463 e. The van der Waals surface area contributed by atoms with Crippen molar-refractivity contribution in [1.82, 2.24) is 9.38 Å². The van der Waals surface area contributed by atoms with Crippen LogP contribution in [0.3, 0.4) is 0 Å². The van der Waals surface area contributed by atoms with Gasteiger partial charge in [-0.2, -0.15) is 0 Å². The number of fused-ring (bicyclic) bond motifs is 1. The van der Waals surface area contributed by atoms with E-state index in [2.05, 4.69) is 10.2 Å². The minimum Gasteiger partial charge on any atom is -0.463 e. The number of hydrogen-bond donors (Lipinski definition) is 0. The molecule has 15 heavy (non-hydrogen) atoms. The van der Waals surface area contributed by atoms with Crippen molar-refractivity contribution >= 4 is 22.1 Å². The first-order chi connectivity index (χ1) is 7.40. The molecule has 0 aromatic carbocycles. The third kappa shape index (κ3) is 1.11. The summed E-state index contributed by atoms with van der Waals surface area (Å²) in [6.45, 7) is 0. The Labute approximate surface area is 88.0 Å². The Balaban J connectivity index is 2.35. The molecule has 0 N–H and O–H groups in total. The predicted molar refractivity (Wildman–Crippen MR) is 56.2 cm³/mol. The van der Waals surface area contributed by atoms with Crippen LogP contribution < -0.4 is 0 Å². The third-order valence-electron chi connectivity index (χ3n) is 2.08. The van der Waals surface area contributed by atoms with E-state index >= 15 is 0 Å². The van der Waals surface area contributed by atoms with Gasteiger partial charge < -0.3 is 4.42 Å². The van der Waals surface area contributed by atoms with Crippen LogP contribution in [0.4, 0.5) is 5.82 Å². The van der Waals surface area contributed by atoms with Crippen molar-refractivity contribution in [3.63, 3.8) is 0 Å². The number of furan rings is 1. The van der Waals surface area contributed by atoms with Crippen molar-refractivity contribution in [2.45, 2.75) is 0 Å². The minimum atomic E-state index is 0.279. The van der Waals surface area contributed by atoms with Gasteiger partial charge in [-0.1, -0.05) is 0 Å². The zero-order valence-corrected chi connectivity index (χ0v) is 8.27. The fourth-order valence-corrected chi connectivity index (χ4v) is 2.15. The lowest BCUT2D eigenvalue weighted by Crippen LogP contribution is -1.75. The molecule has 3 aromatic rings. The Morgan fingerprint density at radius 1 is 1.53 bits per heavy atom. The molecule has 0 atom stereocenters. The van der Waals surface area contributed by atoms with Crippen molar-refractivity contribution in [3.8, 4) is 11.5 Å². The van der Waals surface area contributed by atoms with Gasteiger partial charge in [-0.3, -0.25) is 4.40 Å². The fourth-order valence-electron chi connectivity index (χ4n) is 1.44. The predicted octanol–water partition coefficient (Wildman–Crippen LogP) is 3.05. The van der Waals surface area contributed by atoms with Crippen LogP contribution in [0, 0.1) is 4.91 Å². The molecule has 0 spiro atoms. The molecule has 0 aliphatic carbocycles. The number of thiazole rings is 1. The van der Waals surface area contributed by atoms with Crippen molar-refractivity contribution < 1.29 is 4.42 Å². The smallest absolute Gasteiger partial charge is 0.213 e. The molecule has 0 amide bonds. The lowest BCUT2D eigenvalue weighted by Gasteiger charge is -1.89. The Morgan fingerprint density at radius 2 is 2.47 bits per heavy atom. The van der Waals surface area contributed by atoms with Crippen LogP contribution in [0.15, 0.2) is 39.6 Å². The van der Waals surface area contributed by atoms with Crippen LogP contribution in [-0.4, -0.2) is 9.38 Å². The molecule has 6 heteroatoms. The number of rotatable bonds is 2. The topological polar surface area (TPSA) is 59.9 Å². The van der Waals surface area contributed by atoms with E-state index in [1.165, 1.54) is 17.6 Å². The van der Waals surface area contributed by atoms with Crippen LogP contribution in [0.25, 0.3) is 16.4 Å². The molecule has 3 aromatic heterocycles. The van der Waals surface area contributed by atoms with E-state index in [1.54, 1.807) is 22.7 Å². The summed E-state index contributed by atoms with van der Waals surface area (Å²) in [5, 5.41) is 4.83. The summed E-state index contributed by atoms with van der Waals surface area (Å²) in [5.41, 5.74) is 0.488. The second-order valence-corrected chi connectivity index (χ2v) is 3.78. The normalized spacial score (nSPS) is 10.9. The van der Waals surface area contributed by atoms with Gasteiger partial charge in [0.25, 0.3) is 0 Å². The molecular formula is C9H5N3O2S. The molecule has 5 nitrogen and oxygen atoms in total. The van der Waals surface area contributed by atoms with Crippen LogP contribution >= 0.6 is 11.3 Å². The molecule has 74 valence electrons. The van der Waals surface area contributed by atoms with E-state index in [0.717, 1.165) is 4.96 Å². The first kappa shape index (κ1) is 8.37. The first-order valence-electron chi connectivity index (χ1n) is 4.23. The second-order valence-electron chi connectivity index (χ2n) is 2.91. The quantitative estimate of drug-likeness (QED) is 0.622. The summed E-state index contributed by atoms with van der Waals surface area (Å²) in [4.78, 5) is 15.8. The highest BCUT2D eigenvalue weighted by molar-refractivity contribution is 7.15. The van der Waals surface area contributed by atoms with Gasteiger partial charge in [-0.15, -0.1) is 16.2 Å². The first-order valence-corrected chi connectivity index (χ1v) is 5.11. The van der Waals surface area contributed by atoms with Gasteiger partial charge >= 0.3 is 0 Å². The van der Waals surface area contributed by atoms with Gasteiger partial charge in [0.05, 0.1) is 6.26 Å². The van der Waals surface area contributed by atoms with E-state index in [-0.39, 0.29) is 5.82 Å². The molecule has 0 aliphatic heterocycles. The van der Waals surface area contributed by atoms with Gasteiger partial charge in [0.2, 0.25) is 5.82 Å². The van der Waals surface area contributed by atoms with E-state index in [0.29, 0.717) is 11.5 Å². The number of nitroso groups, excluding NO2 is 1. The zero-order chi connectivity index (χ0) is 10.3. The number of imidazole rings is 1. The maximum Gasteiger partial charge on any atom is 0.213 e. The average molecular weight is 219 g/mol. The van der Waals surface area contributed by atoms with Gasteiger partial charge in [0.1, 0.15) is 0 Å². The van der Waals surface area contributed by atoms with Crippen LogP contribution in [-0.2, 0) is 0 Å². The number of aromatic nitrogens is 2. The van der Waals surface area contributed by atoms with Crippen LogP contribution in [0.2, 0.25) is 0 Å². The molecule has 0 saturated heterocycles. The average Bonchev–Trinajstić information content (AvgIpc) is 2.93. The highest BCUT2D eigenvalue weighted by atomic mass is 32.1. The van der Waals surface area contributed by atoms with E-state index < -0.39 is 0 Å². The maximum absolute atomic E-state index is 10.7. The zero-order valence-electron chi connectivity index (χ0n) is 7.45. The summed E-state index contributed by atoms with van der Waals surface area (Å²) < 4.78 is 6.84. The van der Waals surface area contributed by atoms with Crippen LogP contribution in [0.1, 0.15) is 0 Å².